The molecule has 0 saturated carbocycles. The molecule has 1 aliphatic rings. The molecule has 3 aromatic rings. The van der Waals surface area contributed by atoms with Crippen molar-refractivity contribution in [3.63, 3.8) is 0 Å². The number of fused-ring (bicyclic) bond motifs is 1. The maximum Gasteiger partial charge on any atom is 0.309 e. The first-order valence-corrected chi connectivity index (χ1v) is 9.36. The first kappa shape index (κ1) is 17.4. The summed E-state index contributed by atoms with van der Waals surface area (Å²) in [7, 11) is 0. The average Bonchev–Trinajstić information content (AvgIpc) is 2.74. The highest BCUT2D eigenvalue weighted by molar-refractivity contribution is 5.81. The molecule has 0 amide bonds. The highest BCUT2D eigenvalue weighted by Gasteiger charge is 2.28. The van der Waals surface area contributed by atoms with Gasteiger partial charge in [0.15, 0.2) is 11.5 Å². The highest BCUT2D eigenvalue weighted by Crippen LogP contribution is 2.32. The van der Waals surface area contributed by atoms with Crippen LogP contribution in [0.25, 0.3) is 22.4 Å². The zero-order valence-electron chi connectivity index (χ0n) is 15.3. The van der Waals surface area contributed by atoms with Crippen molar-refractivity contribution in [3.05, 3.63) is 48.7 Å². The molecule has 6 heteroatoms. The van der Waals surface area contributed by atoms with Gasteiger partial charge in [-0.15, -0.1) is 0 Å². The third-order valence-electron chi connectivity index (χ3n) is 4.88. The minimum atomic E-state index is -0.0910. The summed E-state index contributed by atoms with van der Waals surface area (Å²) in [6.07, 6.45) is 3.25. The van der Waals surface area contributed by atoms with E-state index in [2.05, 4.69) is 9.88 Å². The zero-order valence-corrected chi connectivity index (χ0v) is 15.3. The Morgan fingerprint density at radius 1 is 1.11 bits per heavy atom. The van der Waals surface area contributed by atoms with Crippen LogP contribution in [0.5, 0.6) is 0 Å². The molecule has 0 atom stereocenters. The molecule has 1 aromatic carbocycles. The molecular formula is C21H22N4O2. The maximum absolute atomic E-state index is 12.0. The molecule has 1 saturated heterocycles. The lowest BCUT2D eigenvalue weighted by atomic mass is 9.96. The summed E-state index contributed by atoms with van der Waals surface area (Å²) in [6.45, 7) is 3.77. The van der Waals surface area contributed by atoms with Gasteiger partial charge in [0.2, 0.25) is 0 Å². The third kappa shape index (κ3) is 3.60. The summed E-state index contributed by atoms with van der Waals surface area (Å²) in [5.41, 5.74) is 3.30. The number of esters is 1. The van der Waals surface area contributed by atoms with E-state index in [1.165, 1.54) is 0 Å². The second kappa shape index (κ2) is 7.70. The van der Waals surface area contributed by atoms with Crippen molar-refractivity contribution in [1.82, 2.24) is 15.0 Å². The van der Waals surface area contributed by atoms with Crippen molar-refractivity contribution in [2.75, 3.05) is 24.6 Å². The Morgan fingerprint density at radius 3 is 2.63 bits per heavy atom. The van der Waals surface area contributed by atoms with Gasteiger partial charge >= 0.3 is 5.97 Å². The van der Waals surface area contributed by atoms with Gasteiger partial charge in [-0.25, -0.2) is 15.0 Å². The molecule has 0 N–H and O–H groups in total. The molecule has 2 aromatic heterocycles. The Kier molecular flexibility index (Phi) is 4.96. The van der Waals surface area contributed by atoms with Gasteiger partial charge in [0.05, 0.1) is 12.5 Å². The quantitative estimate of drug-likeness (QED) is 0.662. The van der Waals surface area contributed by atoms with E-state index < -0.39 is 0 Å². The normalized spacial score (nSPS) is 15.1. The largest absolute Gasteiger partial charge is 0.466 e. The van der Waals surface area contributed by atoms with Crippen LogP contribution in [-0.2, 0) is 9.53 Å². The topological polar surface area (TPSA) is 68.2 Å². The summed E-state index contributed by atoms with van der Waals surface area (Å²) in [4.78, 5) is 28.3. The van der Waals surface area contributed by atoms with Crippen LogP contribution in [0.4, 0.5) is 5.82 Å². The average molecular weight is 362 g/mol. The second-order valence-electron chi connectivity index (χ2n) is 6.62. The molecule has 6 nitrogen and oxygen atoms in total. The van der Waals surface area contributed by atoms with E-state index in [-0.39, 0.29) is 11.9 Å². The SMILES string of the molecule is CCOC(=O)C1CCN(c2nc3ncccc3nc2-c2ccccc2)CC1. The minimum Gasteiger partial charge on any atom is -0.466 e. The highest BCUT2D eigenvalue weighted by atomic mass is 16.5. The van der Waals surface area contributed by atoms with Gasteiger partial charge in [0, 0.05) is 24.8 Å². The number of piperidine rings is 1. The van der Waals surface area contributed by atoms with Crippen LogP contribution in [0.3, 0.4) is 0 Å². The summed E-state index contributed by atoms with van der Waals surface area (Å²) >= 11 is 0. The van der Waals surface area contributed by atoms with Gasteiger partial charge in [-0.3, -0.25) is 4.79 Å². The van der Waals surface area contributed by atoms with E-state index in [4.69, 9.17) is 14.7 Å². The van der Waals surface area contributed by atoms with E-state index in [0.29, 0.717) is 12.3 Å². The lowest BCUT2D eigenvalue weighted by Gasteiger charge is -2.32. The third-order valence-corrected chi connectivity index (χ3v) is 4.88. The molecule has 138 valence electrons. The summed E-state index contributed by atoms with van der Waals surface area (Å²) < 4.78 is 5.18. The number of aromatic nitrogens is 3. The minimum absolute atomic E-state index is 0.0343. The smallest absolute Gasteiger partial charge is 0.309 e. The van der Waals surface area contributed by atoms with Gasteiger partial charge in [0.1, 0.15) is 11.2 Å². The predicted octanol–water partition coefficient (Wildman–Crippen LogP) is 3.47. The lowest BCUT2D eigenvalue weighted by Crippen LogP contribution is -2.37. The van der Waals surface area contributed by atoms with E-state index in [1.807, 2.05) is 49.4 Å². The van der Waals surface area contributed by atoms with Crippen LogP contribution in [-0.4, -0.2) is 40.6 Å². The van der Waals surface area contributed by atoms with Gasteiger partial charge in [-0.2, -0.15) is 0 Å². The number of carbonyl (C=O) groups excluding carboxylic acids is 1. The fourth-order valence-electron chi connectivity index (χ4n) is 3.48. The molecule has 0 spiro atoms. The first-order valence-electron chi connectivity index (χ1n) is 9.36. The molecule has 3 heterocycles. The van der Waals surface area contributed by atoms with Crippen molar-refractivity contribution in [2.45, 2.75) is 19.8 Å². The Balaban J connectivity index is 1.68. The number of anilines is 1. The van der Waals surface area contributed by atoms with Crippen LogP contribution in [0.1, 0.15) is 19.8 Å². The number of ether oxygens (including phenoxy) is 1. The zero-order chi connectivity index (χ0) is 18.6. The van der Waals surface area contributed by atoms with Crippen LogP contribution < -0.4 is 4.90 Å². The van der Waals surface area contributed by atoms with Crippen molar-refractivity contribution in [3.8, 4) is 11.3 Å². The maximum atomic E-state index is 12.0. The van der Waals surface area contributed by atoms with Gasteiger partial charge in [-0.1, -0.05) is 30.3 Å². The van der Waals surface area contributed by atoms with Crippen LogP contribution in [0.15, 0.2) is 48.7 Å². The molecular weight excluding hydrogens is 340 g/mol. The van der Waals surface area contributed by atoms with Gasteiger partial charge in [0.25, 0.3) is 0 Å². The fraction of sp³-hybridized carbons (Fsp3) is 0.333. The van der Waals surface area contributed by atoms with Gasteiger partial charge < -0.3 is 9.64 Å². The van der Waals surface area contributed by atoms with Crippen molar-refractivity contribution in [2.24, 2.45) is 5.92 Å². The Hall–Kier alpha value is -3.02. The first-order chi connectivity index (χ1) is 13.3. The number of hydrogen-bond donors (Lipinski definition) is 0. The molecule has 0 aliphatic carbocycles. The Labute approximate surface area is 158 Å². The molecule has 0 unspecified atom stereocenters. The summed E-state index contributed by atoms with van der Waals surface area (Å²) in [5, 5.41) is 0. The van der Waals surface area contributed by atoms with Crippen LogP contribution >= 0.6 is 0 Å². The van der Waals surface area contributed by atoms with Crippen molar-refractivity contribution < 1.29 is 9.53 Å². The van der Waals surface area contributed by atoms with Crippen LogP contribution in [0.2, 0.25) is 0 Å². The summed E-state index contributed by atoms with van der Waals surface area (Å²) in [5.74, 6) is 0.703. The molecule has 1 fully saturated rings. The molecule has 1 aliphatic heterocycles. The second-order valence-corrected chi connectivity index (χ2v) is 6.62. The number of hydrogen-bond acceptors (Lipinski definition) is 6. The van der Waals surface area contributed by atoms with Crippen LogP contribution in [0, 0.1) is 5.92 Å². The lowest BCUT2D eigenvalue weighted by molar-refractivity contribution is -0.148. The number of benzene rings is 1. The Bertz CT molecular complexity index is 937. The number of carbonyl (C=O) groups is 1. The Morgan fingerprint density at radius 2 is 1.89 bits per heavy atom. The standard InChI is InChI=1S/C21H22N4O2/c1-2-27-21(26)16-10-13-25(14-11-16)20-18(15-7-4-3-5-8-15)23-17-9-6-12-22-19(17)24-20/h3-9,12,16H,2,10-11,13-14H2,1H3. The molecule has 4 rings (SSSR count). The summed E-state index contributed by atoms with van der Waals surface area (Å²) in [6, 6.07) is 13.9. The number of rotatable bonds is 4. The number of nitrogens with zero attached hydrogens (tertiary/aromatic N) is 4. The van der Waals surface area contributed by atoms with Gasteiger partial charge in [-0.05, 0) is 31.9 Å². The van der Waals surface area contributed by atoms with E-state index in [1.54, 1.807) is 6.20 Å². The van der Waals surface area contributed by atoms with Crippen molar-refractivity contribution >= 4 is 23.0 Å². The predicted molar refractivity (Wildman–Crippen MR) is 104 cm³/mol. The molecule has 0 bridgehead atoms. The van der Waals surface area contributed by atoms with E-state index in [9.17, 15) is 4.79 Å². The van der Waals surface area contributed by atoms with Crippen molar-refractivity contribution in [1.29, 1.82) is 0 Å². The monoisotopic (exact) mass is 362 g/mol. The molecule has 0 radical (unpaired) electrons. The van der Waals surface area contributed by atoms with E-state index in [0.717, 1.165) is 48.5 Å². The van der Waals surface area contributed by atoms with E-state index >= 15 is 0 Å². The molecule has 27 heavy (non-hydrogen) atoms. The fourth-order valence-corrected chi connectivity index (χ4v) is 3.48. The number of pyridine rings is 1.